The van der Waals surface area contributed by atoms with Gasteiger partial charge in [0.25, 0.3) is 0 Å². The Morgan fingerprint density at radius 3 is 2.71 bits per heavy atom. The van der Waals surface area contributed by atoms with E-state index in [-0.39, 0.29) is 24.1 Å². The van der Waals surface area contributed by atoms with E-state index in [1.165, 1.54) is 11.1 Å². The van der Waals surface area contributed by atoms with Crippen molar-refractivity contribution in [2.45, 2.75) is 56.5 Å². The van der Waals surface area contributed by atoms with Gasteiger partial charge in [-0.25, -0.2) is 0 Å². The van der Waals surface area contributed by atoms with Gasteiger partial charge in [-0.1, -0.05) is 29.8 Å². The van der Waals surface area contributed by atoms with E-state index in [4.69, 9.17) is 0 Å². The van der Waals surface area contributed by atoms with Crippen LogP contribution < -0.4 is 0 Å². The lowest BCUT2D eigenvalue weighted by atomic mass is 10.00. The molecule has 0 radical (unpaired) electrons. The lowest BCUT2D eigenvalue weighted by Crippen LogP contribution is -2.48. The number of fused-ring (bicyclic) bond motifs is 2. The molecule has 2 heterocycles. The first-order valence-electron chi connectivity index (χ1n) is 7.76. The van der Waals surface area contributed by atoms with Crippen LogP contribution in [-0.2, 0) is 10.5 Å². The minimum atomic E-state index is -0.202. The molecule has 0 aliphatic carbocycles. The molecule has 0 spiro atoms. The van der Waals surface area contributed by atoms with Crippen molar-refractivity contribution in [1.29, 1.82) is 0 Å². The van der Waals surface area contributed by atoms with Gasteiger partial charge in [-0.15, -0.1) is 11.8 Å². The van der Waals surface area contributed by atoms with Crippen molar-refractivity contribution in [1.82, 2.24) is 4.90 Å². The number of hydrogen-bond acceptors (Lipinski definition) is 3. The van der Waals surface area contributed by atoms with Gasteiger partial charge in [0.05, 0.1) is 11.9 Å². The van der Waals surface area contributed by atoms with Crippen LogP contribution in [0.1, 0.15) is 36.8 Å². The number of aryl methyl sites for hydroxylation is 1. The number of piperidine rings is 1. The molecule has 1 aromatic rings. The Bertz CT molecular complexity index is 505. The zero-order valence-corrected chi connectivity index (χ0v) is 13.3. The summed E-state index contributed by atoms with van der Waals surface area (Å²) in [6.45, 7) is 2.09. The maximum absolute atomic E-state index is 12.4. The minimum absolute atomic E-state index is 0.202. The first kappa shape index (κ1) is 14.9. The molecule has 1 N–H and O–H groups in total. The van der Waals surface area contributed by atoms with Crippen molar-refractivity contribution in [2.24, 2.45) is 0 Å². The Kier molecular flexibility index (Phi) is 4.55. The number of hydrogen-bond donors (Lipinski definition) is 1. The highest BCUT2D eigenvalue weighted by Gasteiger charge is 2.42. The number of thioether (sulfide) groups is 1. The largest absolute Gasteiger partial charge is 0.393 e. The second-order valence-electron chi connectivity index (χ2n) is 6.29. The van der Waals surface area contributed by atoms with E-state index in [9.17, 15) is 9.90 Å². The molecule has 21 heavy (non-hydrogen) atoms. The normalized spacial score (nSPS) is 27.9. The molecule has 1 amide bonds. The predicted molar refractivity (Wildman–Crippen MR) is 86.2 cm³/mol. The molecule has 4 heteroatoms. The lowest BCUT2D eigenvalue weighted by Gasteiger charge is -2.37. The van der Waals surface area contributed by atoms with Crippen LogP contribution >= 0.6 is 11.8 Å². The Labute approximate surface area is 130 Å². The SMILES string of the molecule is Cc1cccc(CSCC(=O)N2C3CCC2CC(O)C3)c1. The fourth-order valence-electron chi connectivity index (χ4n) is 3.69. The van der Waals surface area contributed by atoms with Gasteiger partial charge in [-0.05, 0) is 38.2 Å². The van der Waals surface area contributed by atoms with E-state index >= 15 is 0 Å². The molecular weight excluding hydrogens is 282 g/mol. The van der Waals surface area contributed by atoms with Gasteiger partial charge in [0.1, 0.15) is 0 Å². The van der Waals surface area contributed by atoms with Gasteiger partial charge in [-0.3, -0.25) is 4.79 Å². The Hall–Kier alpha value is -1.00. The van der Waals surface area contributed by atoms with Crippen molar-refractivity contribution >= 4 is 17.7 Å². The van der Waals surface area contributed by atoms with E-state index in [1.54, 1.807) is 11.8 Å². The van der Waals surface area contributed by atoms with Crippen molar-refractivity contribution in [3.63, 3.8) is 0 Å². The van der Waals surface area contributed by atoms with Crippen LogP contribution in [0.15, 0.2) is 24.3 Å². The molecule has 0 saturated carbocycles. The van der Waals surface area contributed by atoms with Gasteiger partial charge in [0, 0.05) is 17.8 Å². The quantitative estimate of drug-likeness (QED) is 0.930. The lowest BCUT2D eigenvalue weighted by molar-refractivity contribution is -0.134. The summed E-state index contributed by atoms with van der Waals surface area (Å²) in [6, 6.07) is 9.02. The molecule has 2 bridgehead atoms. The molecule has 1 aromatic carbocycles. The minimum Gasteiger partial charge on any atom is -0.393 e. The van der Waals surface area contributed by atoms with Crippen LogP contribution in [0.3, 0.4) is 0 Å². The number of aliphatic hydroxyl groups excluding tert-OH is 1. The fraction of sp³-hybridized carbons (Fsp3) is 0.588. The van der Waals surface area contributed by atoms with Gasteiger partial charge < -0.3 is 10.0 Å². The third-order valence-electron chi connectivity index (χ3n) is 4.57. The third-order valence-corrected chi connectivity index (χ3v) is 5.56. The van der Waals surface area contributed by atoms with Crippen LogP contribution in [0.4, 0.5) is 0 Å². The standard InChI is InChI=1S/C17H23NO2S/c1-12-3-2-4-13(7-12)10-21-11-17(20)18-14-5-6-15(18)9-16(19)8-14/h2-4,7,14-16,19H,5-6,8-11H2,1H3. The van der Waals surface area contributed by atoms with Crippen LogP contribution in [-0.4, -0.2) is 39.9 Å². The molecule has 2 saturated heterocycles. The molecule has 2 aliphatic rings. The summed E-state index contributed by atoms with van der Waals surface area (Å²) in [4.78, 5) is 14.5. The van der Waals surface area contributed by atoms with E-state index in [0.717, 1.165) is 31.4 Å². The molecular formula is C17H23NO2S. The highest BCUT2D eigenvalue weighted by atomic mass is 32.2. The first-order chi connectivity index (χ1) is 10.1. The number of nitrogens with zero attached hydrogens (tertiary/aromatic N) is 1. The van der Waals surface area contributed by atoms with Crippen LogP contribution in [0.25, 0.3) is 0 Å². The van der Waals surface area contributed by atoms with E-state index < -0.39 is 0 Å². The summed E-state index contributed by atoms with van der Waals surface area (Å²) < 4.78 is 0. The van der Waals surface area contributed by atoms with Crippen molar-refractivity contribution in [3.8, 4) is 0 Å². The second-order valence-corrected chi connectivity index (χ2v) is 7.28. The average molecular weight is 305 g/mol. The Morgan fingerprint density at radius 2 is 2.05 bits per heavy atom. The van der Waals surface area contributed by atoms with Crippen LogP contribution in [0.2, 0.25) is 0 Å². The Morgan fingerprint density at radius 1 is 1.33 bits per heavy atom. The van der Waals surface area contributed by atoms with Crippen LogP contribution in [0.5, 0.6) is 0 Å². The van der Waals surface area contributed by atoms with Gasteiger partial charge in [0.15, 0.2) is 0 Å². The van der Waals surface area contributed by atoms with Crippen LogP contribution in [0, 0.1) is 6.92 Å². The zero-order valence-electron chi connectivity index (χ0n) is 12.5. The molecule has 3 rings (SSSR count). The summed E-state index contributed by atoms with van der Waals surface area (Å²) >= 11 is 1.70. The molecule has 2 atom stereocenters. The number of benzene rings is 1. The summed E-state index contributed by atoms with van der Waals surface area (Å²) in [7, 11) is 0. The maximum Gasteiger partial charge on any atom is 0.233 e. The van der Waals surface area contributed by atoms with Crippen molar-refractivity contribution in [2.75, 3.05) is 5.75 Å². The summed E-state index contributed by atoms with van der Waals surface area (Å²) in [5.74, 6) is 1.70. The molecule has 2 unspecified atom stereocenters. The molecule has 2 fully saturated rings. The van der Waals surface area contributed by atoms with Gasteiger partial charge in [-0.2, -0.15) is 0 Å². The van der Waals surface area contributed by atoms with E-state index in [1.807, 2.05) is 0 Å². The number of carbonyl (C=O) groups is 1. The number of aliphatic hydroxyl groups is 1. The summed E-state index contributed by atoms with van der Waals surface area (Å²) in [6.07, 6.45) is 3.47. The smallest absolute Gasteiger partial charge is 0.233 e. The second kappa shape index (κ2) is 6.41. The van der Waals surface area contributed by atoms with E-state index in [2.05, 4.69) is 36.1 Å². The van der Waals surface area contributed by atoms with E-state index in [0.29, 0.717) is 5.75 Å². The van der Waals surface area contributed by atoms with Crippen molar-refractivity contribution in [3.05, 3.63) is 35.4 Å². The third kappa shape index (κ3) is 3.43. The highest BCUT2D eigenvalue weighted by Crippen LogP contribution is 2.36. The topological polar surface area (TPSA) is 40.5 Å². The Balaban J connectivity index is 1.51. The zero-order chi connectivity index (χ0) is 14.8. The summed E-state index contributed by atoms with van der Waals surface area (Å²) in [5.41, 5.74) is 2.55. The van der Waals surface area contributed by atoms with Gasteiger partial charge in [0.2, 0.25) is 5.91 Å². The average Bonchev–Trinajstić information content (AvgIpc) is 2.71. The number of carbonyl (C=O) groups excluding carboxylic acids is 1. The molecule has 2 aliphatic heterocycles. The predicted octanol–water partition coefficient (Wildman–Crippen LogP) is 2.74. The maximum atomic E-state index is 12.4. The highest BCUT2D eigenvalue weighted by molar-refractivity contribution is 7.99. The molecule has 114 valence electrons. The molecule has 0 aromatic heterocycles. The number of rotatable bonds is 4. The monoisotopic (exact) mass is 305 g/mol. The fourth-order valence-corrected chi connectivity index (χ4v) is 4.53. The summed E-state index contributed by atoms with van der Waals surface area (Å²) in [5, 5.41) is 9.80. The number of amides is 1. The first-order valence-corrected chi connectivity index (χ1v) is 8.91. The molecule has 3 nitrogen and oxygen atoms in total. The van der Waals surface area contributed by atoms with Crippen molar-refractivity contribution < 1.29 is 9.90 Å². The van der Waals surface area contributed by atoms with Gasteiger partial charge >= 0.3 is 0 Å².